The van der Waals surface area contributed by atoms with Gasteiger partial charge in [0.05, 0.1) is 16.3 Å². The predicted molar refractivity (Wildman–Crippen MR) is 117 cm³/mol. The molecule has 26 heavy (non-hydrogen) atoms. The molecule has 0 aromatic carbocycles. The summed E-state index contributed by atoms with van der Waals surface area (Å²) in [5, 5.41) is 11.3. The Hall–Kier alpha value is 0.577. The Morgan fingerprint density at radius 3 is 2.50 bits per heavy atom. The zero-order valence-corrected chi connectivity index (χ0v) is 19.7. The van der Waals surface area contributed by atoms with Crippen molar-refractivity contribution >= 4 is 31.8 Å². The lowest BCUT2D eigenvalue weighted by Gasteiger charge is -2.45. The third-order valence-electron chi connectivity index (χ3n) is 8.03. The fourth-order valence-electron chi connectivity index (χ4n) is 5.71. The van der Waals surface area contributed by atoms with Gasteiger partial charge < -0.3 is 9.53 Å². The molecule has 2 spiro atoms. The number of aliphatic hydroxyl groups is 1. The van der Waals surface area contributed by atoms with E-state index in [1.807, 2.05) is 0 Å². The van der Waals surface area contributed by atoms with Crippen LogP contribution in [0.15, 0.2) is 12.2 Å². The van der Waals surface area contributed by atoms with Gasteiger partial charge in [-0.05, 0) is 73.6 Å². The SMILES string of the molecule is CC(C)(C)[Si](C)(C)O[C@@H]1C=C[C@@]23[C@H](C1)CC1(SCCCS1)[C@H]2CC[C@H]3O. The fourth-order valence-corrected chi connectivity index (χ4v) is 11.0. The molecule has 2 saturated carbocycles. The molecule has 5 heteroatoms. The Labute approximate surface area is 169 Å². The van der Waals surface area contributed by atoms with Gasteiger partial charge in [0.1, 0.15) is 0 Å². The summed E-state index contributed by atoms with van der Waals surface area (Å²) in [6.45, 7) is 11.7. The van der Waals surface area contributed by atoms with Gasteiger partial charge in [-0.25, -0.2) is 0 Å². The van der Waals surface area contributed by atoms with Gasteiger partial charge in [-0.1, -0.05) is 32.9 Å². The number of fused-ring (bicyclic) bond motifs is 1. The maximum Gasteiger partial charge on any atom is 0.192 e. The molecule has 148 valence electrons. The molecule has 0 unspecified atom stereocenters. The molecule has 0 aromatic heterocycles. The van der Waals surface area contributed by atoms with Crippen molar-refractivity contribution in [3.05, 3.63) is 12.2 Å². The normalized spacial score (nSPS) is 42.1. The monoisotopic (exact) mass is 412 g/mol. The van der Waals surface area contributed by atoms with Crippen molar-refractivity contribution in [1.82, 2.24) is 0 Å². The van der Waals surface area contributed by atoms with Gasteiger partial charge in [0.25, 0.3) is 0 Å². The topological polar surface area (TPSA) is 29.5 Å². The standard InChI is InChI=1S/C21H36O2S2Si/c1-19(2,3)26(4,5)23-16-9-10-20-15(13-16)14-21(24-11-6-12-25-21)17(20)7-8-18(20)22/h9-10,15-18,22H,6-8,11-14H2,1-5H3/t15-,16-,17+,18-,20-/m1/s1. The summed E-state index contributed by atoms with van der Waals surface area (Å²) in [5.74, 6) is 3.84. The molecular weight excluding hydrogens is 376 g/mol. The Balaban J connectivity index is 1.60. The van der Waals surface area contributed by atoms with Crippen LogP contribution >= 0.6 is 23.5 Å². The first kappa shape index (κ1) is 19.9. The highest BCUT2D eigenvalue weighted by atomic mass is 32.2. The summed E-state index contributed by atoms with van der Waals surface area (Å²) in [5.41, 5.74) is 0.0324. The van der Waals surface area contributed by atoms with Crippen molar-refractivity contribution in [2.45, 2.75) is 87.3 Å². The smallest absolute Gasteiger partial charge is 0.192 e. The van der Waals surface area contributed by atoms with Crippen molar-refractivity contribution in [3.63, 3.8) is 0 Å². The van der Waals surface area contributed by atoms with E-state index in [9.17, 15) is 5.11 Å². The van der Waals surface area contributed by atoms with Crippen molar-refractivity contribution in [2.24, 2.45) is 17.3 Å². The molecule has 3 aliphatic carbocycles. The summed E-state index contributed by atoms with van der Waals surface area (Å²) in [7, 11) is -1.76. The van der Waals surface area contributed by atoms with E-state index in [1.165, 1.54) is 30.8 Å². The summed E-state index contributed by atoms with van der Waals surface area (Å²) in [6, 6.07) is 0. The Kier molecular flexibility index (Phi) is 5.00. The predicted octanol–water partition coefficient (Wildman–Crippen LogP) is 5.68. The molecule has 0 bridgehead atoms. The van der Waals surface area contributed by atoms with Crippen LogP contribution in [0.25, 0.3) is 0 Å². The van der Waals surface area contributed by atoms with Crippen LogP contribution in [-0.2, 0) is 4.43 Å². The maximum atomic E-state index is 11.0. The highest BCUT2D eigenvalue weighted by Gasteiger charge is 2.67. The van der Waals surface area contributed by atoms with Gasteiger partial charge in [0, 0.05) is 5.41 Å². The molecule has 1 N–H and O–H groups in total. The molecule has 1 saturated heterocycles. The van der Waals surface area contributed by atoms with Gasteiger partial charge in [0.15, 0.2) is 8.32 Å². The van der Waals surface area contributed by atoms with Crippen LogP contribution in [-0.4, -0.2) is 41.2 Å². The van der Waals surface area contributed by atoms with E-state index >= 15 is 0 Å². The second-order valence-electron chi connectivity index (χ2n) is 10.4. The Morgan fingerprint density at radius 2 is 1.85 bits per heavy atom. The molecule has 0 amide bonds. The average molecular weight is 413 g/mol. The number of aliphatic hydroxyl groups excluding tert-OH is 1. The molecule has 0 radical (unpaired) electrons. The van der Waals surface area contributed by atoms with E-state index in [0.717, 1.165) is 12.8 Å². The van der Waals surface area contributed by atoms with Crippen LogP contribution in [0.3, 0.4) is 0 Å². The van der Waals surface area contributed by atoms with Crippen LogP contribution in [0.4, 0.5) is 0 Å². The largest absolute Gasteiger partial charge is 0.411 e. The summed E-state index contributed by atoms with van der Waals surface area (Å²) in [4.78, 5) is 0. The van der Waals surface area contributed by atoms with Gasteiger partial charge in [-0.15, -0.1) is 23.5 Å². The van der Waals surface area contributed by atoms with Crippen molar-refractivity contribution in [3.8, 4) is 0 Å². The minimum absolute atomic E-state index is 0.0324. The lowest BCUT2D eigenvalue weighted by atomic mass is 9.67. The van der Waals surface area contributed by atoms with Crippen LogP contribution in [0.2, 0.25) is 18.1 Å². The van der Waals surface area contributed by atoms with Gasteiger partial charge >= 0.3 is 0 Å². The van der Waals surface area contributed by atoms with Crippen LogP contribution in [0, 0.1) is 17.3 Å². The van der Waals surface area contributed by atoms with Crippen molar-refractivity contribution in [2.75, 3.05) is 11.5 Å². The summed E-state index contributed by atoms with van der Waals surface area (Å²) in [6.07, 6.45) is 10.8. The van der Waals surface area contributed by atoms with Gasteiger partial charge in [0.2, 0.25) is 0 Å². The first-order valence-electron chi connectivity index (χ1n) is 10.4. The second kappa shape index (κ2) is 6.55. The first-order valence-corrected chi connectivity index (χ1v) is 15.3. The molecule has 2 nitrogen and oxygen atoms in total. The highest BCUT2D eigenvalue weighted by Crippen LogP contribution is 2.72. The van der Waals surface area contributed by atoms with Gasteiger partial charge in [-0.3, -0.25) is 0 Å². The third-order valence-corrected chi connectivity index (χ3v) is 16.1. The van der Waals surface area contributed by atoms with Crippen LogP contribution in [0.5, 0.6) is 0 Å². The van der Waals surface area contributed by atoms with E-state index in [4.69, 9.17) is 4.43 Å². The molecule has 1 aliphatic heterocycles. The second-order valence-corrected chi connectivity index (χ2v) is 18.3. The molecular formula is C21H36O2S2Si. The number of hydrogen-bond acceptors (Lipinski definition) is 4. The molecule has 1 heterocycles. The number of hydrogen-bond donors (Lipinski definition) is 1. The maximum absolute atomic E-state index is 11.0. The summed E-state index contributed by atoms with van der Waals surface area (Å²) >= 11 is 4.43. The Bertz CT molecular complexity index is 579. The van der Waals surface area contributed by atoms with Gasteiger partial charge in [-0.2, -0.15) is 0 Å². The van der Waals surface area contributed by atoms with E-state index in [1.54, 1.807) is 0 Å². The first-order chi connectivity index (χ1) is 12.1. The summed E-state index contributed by atoms with van der Waals surface area (Å²) < 4.78 is 7.12. The lowest BCUT2D eigenvalue weighted by molar-refractivity contribution is 0.0190. The molecule has 4 aliphatic rings. The van der Waals surface area contributed by atoms with E-state index < -0.39 is 8.32 Å². The number of rotatable bonds is 2. The highest BCUT2D eigenvalue weighted by molar-refractivity contribution is 8.18. The Morgan fingerprint density at radius 1 is 1.15 bits per heavy atom. The quantitative estimate of drug-likeness (QED) is 0.467. The molecule has 5 atom stereocenters. The number of thioether (sulfide) groups is 2. The fraction of sp³-hybridized carbons (Fsp3) is 0.905. The minimum atomic E-state index is -1.76. The van der Waals surface area contributed by atoms with Crippen molar-refractivity contribution < 1.29 is 9.53 Å². The molecule has 0 aromatic rings. The molecule has 3 fully saturated rings. The zero-order valence-electron chi connectivity index (χ0n) is 17.1. The van der Waals surface area contributed by atoms with E-state index in [2.05, 4.69) is 69.5 Å². The van der Waals surface area contributed by atoms with E-state index in [-0.39, 0.29) is 22.7 Å². The third kappa shape index (κ3) is 2.90. The van der Waals surface area contributed by atoms with E-state index in [0.29, 0.717) is 15.9 Å². The van der Waals surface area contributed by atoms with Crippen molar-refractivity contribution in [1.29, 1.82) is 0 Å². The molecule has 4 rings (SSSR count). The average Bonchev–Trinajstić information content (AvgIpc) is 3.01. The minimum Gasteiger partial charge on any atom is -0.411 e. The van der Waals surface area contributed by atoms with Crippen LogP contribution in [0.1, 0.15) is 52.9 Å². The zero-order chi connectivity index (χ0) is 18.8. The lowest BCUT2D eigenvalue weighted by Crippen LogP contribution is -2.47. The van der Waals surface area contributed by atoms with Crippen LogP contribution < -0.4 is 0 Å².